The summed E-state index contributed by atoms with van der Waals surface area (Å²) in [7, 11) is 0. The van der Waals surface area contributed by atoms with Crippen molar-refractivity contribution < 1.29 is 18.3 Å². The Labute approximate surface area is 113 Å². The molecule has 4 N–H and O–H groups in total. The van der Waals surface area contributed by atoms with Gasteiger partial charge in [-0.3, -0.25) is 0 Å². The van der Waals surface area contributed by atoms with Gasteiger partial charge in [0.1, 0.15) is 0 Å². The molecular formula is C14H17N2Ru. The van der Waals surface area contributed by atoms with Crippen LogP contribution in [0.3, 0.4) is 0 Å². The Bertz CT molecular complexity index is 403. The molecule has 0 aliphatic carbocycles. The van der Waals surface area contributed by atoms with E-state index in [1.807, 2.05) is 48.5 Å². The number of hydrogen-bond donors (Lipinski definition) is 2. The predicted octanol–water partition coefficient (Wildman–Crippen LogP) is 1.50. The molecule has 3 heteroatoms. The van der Waals surface area contributed by atoms with Crippen molar-refractivity contribution in [1.29, 1.82) is 0 Å². The molecule has 0 saturated carbocycles. The van der Waals surface area contributed by atoms with E-state index in [0.29, 0.717) is 6.54 Å². The quantitative estimate of drug-likeness (QED) is 0.826. The van der Waals surface area contributed by atoms with Crippen molar-refractivity contribution in [2.75, 3.05) is 6.54 Å². The summed E-state index contributed by atoms with van der Waals surface area (Å²) >= 11 is 2.54. The fourth-order valence-corrected chi connectivity index (χ4v) is 1.58. The van der Waals surface area contributed by atoms with Crippen LogP contribution in [0.1, 0.15) is 11.6 Å². The summed E-state index contributed by atoms with van der Waals surface area (Å²) in [4.78, 5) is 0. The van der Waals surface area contributed by atoms with E-state index in [1.54, 1.807) is 0 Å². The Morgan fingerprint density at radius 1 is 0.882 bits per heavy atom. The van der Waals surface area contributed by atoms with Gasteiger partial charge in [0.25, 0.3) is 0 Å². The Morgan fingerprint density at radius 3 is 1.71 bits per heavy atom. The van der Waals surface area contributed by atoms with Crippen LogP contribution in [0.4, 0.5) is 0 Å². The summed E-state index contributed by atoms with van der Waals surface area (Å²) in [5, 5.41) is 0. The molecule has 0 aliphatic rings. The van der Waals surface area contributed by atoms with Gasteiger partial charge < -0.3 is 11.5 Å². The first-order chi connectivity index (χ1) is 8.24. The first-order valence-corrected chi connectivity index (χ1v) is 6.31. The van der Waals surface area contributed by atoms with Gasteiger partial charge in [0.15, 0.2) is 0 Å². The van der Waals surface area contributed by atoms with Crippen LogP contribution in [0.2, 0.25) is 0 Å². The second-order valence-electron chi connectivity index (χ2n) is 3.53. The molecule has 0 fully saturated rings. The molecule has 91 valence electrons. The molecule has 2 rings (SSSR count). The van der Waals surface area contributed by atoms with Crippen LogP contribution in [0.5, 0.6) is 0 Å². The minimum absolute atomic E-state index is 0.0128. The standard InChI is InChI=1S/C8H12N2.C6H5.Ru/c9-6-8(10)7-4-2-1-3-5-7;1-2-4-6-5-3-1;/h1-5,8H,6,9-10H2;1-5H;. The summed E-state index contributed by atoms with van der Waals surface area (Å²) in [5.74, 6) is 0. The zero-order valence-corrected chi connectivity index (χ0v) is 11.3. The van der Waals surface area contributed by atoms with E-state index in [0.717, 1.165) is 5.56 Å². The minimum atomic E-state index is -0.0128. The molecule has 0 radical (unpaired) electrons. The number of nitrogens with two attached hydrogens (primary N) is 2. The van der Waals surface area contributed by atoms with Gasteiger partial charge in [-0.05, 0) is 5.56 Å². The van der Waals surface area contributed by atoms with Crippen LogP contribution in [-0.2, 0) is 18.3 Å². The van der Waals surface area contributed by atoms with Crippen molar-refractivity contribution in [3.63, 3.8) is 0 Å². The van der Waals surface area contributed by atoms with E-state index in [-0.39, 0.29) is 6.04 Å². The summed E-state index contributed by atoms with van der Waals surface area (Å²) in [6, 6.07) is 20.0. The van der Waals surface area contributed by atoms with Gasteiger partial charge in [-0.15, -0.1) is 0 Å². The van der Waals surface area contributed by atoms with Crippen LogP contribution < -0.4 is 15.6 Å². The van der Waals surface area contributed by atoms with E-state index in [9.17, 15) is 0 Å². The van der Waals surface area contributed by atoms with Crippen molar-refractivity contribution in [2.24, 2.45) is 11.5 Å². The van der Waals surface area contributed by atoms with Crippen LogP contribution >= 0.6 is 0 Å². The van der Waals surface area contributed by atoms with Gasteiger partial charge in [-0.1, -0.05) is 30.3 Å². The molecule has 0 spiro atoms. The SMILES string of the molecule is NCC(N)c1ccccc1.[Ru][c]1ccccc1. The Hall–Kier alpha value is -1.02. The average molecular weight is 314 g/mol. The third-order valence-corrected chi connectivity index (χ3v) is 2.79. The maximum atomic E-state index is 5.67. The van der Waals surface area contributed by atoms with Crippen LogP contribution in [-0.4, -0.2) is 6.54 Å². The molecule has 2 aromatic carbocycles. The van der Waals surface area contributed by atoms with E-state index in [1.165, 1.54) is 4.16 Å². The van der Waals surface area contributed by atoms with E-state index >= 15 is 0 Å². The average Bonchev–Trinajstić information content (AvgIpc) is 2.40. The molecule has 1 unspecified atom stereocenters. The van der Waals surface area contributed by atoms with Crippen molar-refractivity contribution in [3.05, 3.63) is 66.2 Å². The topological polar surface area (TPSA) is 52.0 Å². The zero-order valence-electron chi connectivity index (χ0n) is 9.57. The van der Waals surface area contributed by atoms with Gasteiger partial charge in [0.2, 0.25) is 0 Å². The first kappa shape index (κ1) is 14.0. The number of benzene rings is 2. The van der Waals surface area contributed by atoms with Crippen molar-refractivity contribution in [3.8, 4) is 0 Å². The molecule has 2 aromatic rings. The molecule has 0 bridgehead atoms. The third-order valence-electron chi connectivity index (χ3n) is 2.21. The molecule has 0 heterocycles. The maximum absolute atomic E-state index is 5.67. The second kappa shape index (κ2) is 8.13. The number of rotatable bonds is 2. The van der Waals surface area contributed by atoms with Crippen LogP contribution in [0, 0.1) is 0 Å². The molecule has 0 aromatic heterocycles. The van der Waals surface area contributed by atoms with Crippen LogP contribution in [0.25, 0.3) is 0 Å². The van der Waals surface area contributed by atoms with Gasteiger partial charge in [-0.2, -0.15) is 0 Å². The molecule has 0 aliphatic heterocycles. The monoisotopic (exact) mass is 315 g/mol. The van der Waals surface area contributed by atoms with Crippen molar-refractivity contribution in [1.82, 2.24) is 0 Å². The molecule has 1 atom stereocenters. The molecule has 0 amide bonds. The fraction of sp³-hybridized carbons (Fsp3) is 0.143. The molecule has 17 heavy (non-hydrogen) atoms. The summed E-state index contributed by atoms with van der Waals surface area (Å²) in [6.07, 6.45) is 0. The Balaban J connectivity index is 0.000000181. The van der Waals surface area contributed by atoms with Gasteiger partial charge in [0, 0.05) is 12.6 Å². The predicted molar refractivity (Wildman–Crippen MR) is 68.5 cm³/mol. The molecule has 0 saturated heterocycles. The zero-order chi connectivity index (χ0) is 12.5. The first-order valence-electron chi connectivity index (χ1n) is 5.44. The summed E-state index contributed by atoms with van der Waals surface area (Å²) in [6.45, 7) is 0.504. The molecule has 2 nitrogen and oxygen atoms in total. The Kier molecular flexibility index (Phi) is 6.72. The Morgan fingerprint density at radius 2 is 1.35 bits per heavy atom. The normalized spacial score (nSPS) is 11.2. The summed E-state index contributed by atoms with van der Waals surface area (Å²) < 4.78 is 1.25. The molecular weight excluding hydrogens is 297 g/mol. The summed E-state index contributed by atoms with van der Waals surface area (Å²) in [5.41, 5.74) is 12.2. The van der Waals surface area contributed by atoms with E-state index in [2.05, 4.69) is 30.4 Å². The fourth-order valence-electron chi connectivity index (χ4n) is 1.25. The van der Waals surface area contributed by atoms with Crippen molar-refractivity contribution in [2.45, 2.75) is 6.04 Å². The van der Waals surface area contributed by atoms with E-state index in [4.69, 9.17) is 11.5 Å². The van der Waals surface area contributed by atoms with Gasteiger partial charge >= 0.3 is 52.8 Å². The van der Waals surface area contributed by atoms with Crippen molar-refractivity contribution >= 4 is 4.16 Å². The van der Waals surface area contributed by atoms with E-state index < -0.39 is 0 Å². The second-order valence-corrected chi connectivity index (χ2v) is 4.54. The van der Waals surface area contributed by atoms with Gasteiger partial charge in [0.05, 0.1) is 0 Å². The van der Waals surface area contributed by atoms with Crippen LogP contribution in [0.15, 0.2) is 60.7 Å². The third kappa shape index (κ3) is 5.74. The van der Waals surface area contributed by atoms with Gasteiger partial charge in [-0.25, -0.2) is 0 Å². The number of hydrogen-bond acceptors (Lipinski definition) is 2.